The zero-order valence-corrected chi connectivity index (χ0v) is 11.1. The molecule has 0 saturated carbocycles. The highest BCUT2D eigenvalue weighted by molar-refractivity contribution is 6.45. The Morgan fingerprint density at radius 3 is 2.55 bits per heavy atom. The number of amides is 1. The molecule has 2 rings (SSSR count). The van der Waals surface area contributed by atoms with Gasteiger partial charge in [0.2, 0.25) is 5.78 Å². The standard InChI is InChI=1S/C14H16F3NO2/c1-2-3-4-8-18-11-9(12(19)13(18)20)6-5-7-10(11)14(15,16)17/h5-7,10-11H,2-4,8H2,1H3. The van der Waals surface area contributed by atoms with E-state index < -0.39 is 29.8 Å². The molecule has 0 aromatic carbocycles. The normalized spacial score (nSPS) is 26.0. The van der Waals surface area contributed by atoms with Crippen LogP contribution in [-0.4, -0.2) is 35.4 Å². The Morgan fingerprint density at radius 2 is 1.95 bits per heavy atom. The van der Waals surface area contributed by atoms with Crippen LogP contribution in [0.2, 0.25) is 0 Å². The molecule has 0 aromatic heterocycles. The van der Waals surface area contributed by atoms with Crippen LogP contribution < -0.4 is 0 Å². The molecule has 0 radical (unpaired) electrons. The number of hydrogen-bond donors (Lipinski definition) is 0. The van der Waals surface area contributed by atoms with Gasteiger partial charge < -0.3 is 4.90 Å². The maximum absolute atomic E-state index is 13.1. The molecular formula is C14H16F3NO2. The van der Waals surface area contributed by atoms with Gasteiger partial charge in [0.05, 0.1) is 12.0 Å². The third kappa shape index (κ3) is 2.51. The van der Waals surface area contributed by atoms with Crippen molar-refractivity contribution in [3.05, 3.63) is 23.8 Å². The van der Waals surface area contributed by atoms with Crippen LogP contribution in [0.5, 0.6) is 0 Å². The molecule has 1 saturated heterocycles. The van der Waals surface area contributed by atoms with Crippen LogP contribution in [0, 0.1) is 5.92 Å². The van der Waals surface area contributed by atoms with Crippen molar-refractivity contribution in [3.63, 3.8) is 0 Å². The van der Waals surface area contributed by atoms with Crippen molar-refractivity contribution in [1.29, 1.82) is 0 Å². The summed E-state index contributed by atoms with van der Waals surface area (Å²) in [5.74, 6) is -3.40. The number of unbranched alkanes of at least 4 members (excludes halogenated alkanes) is 2. The molecule has 0 spiro atoms. The summed E-state index contributed by atoms with van der Waals surface area (Å²) in [6.45, 7) is 2.16. The predicted molar refractivity (Wildman–Crippen MR) is 66.8 cm³/mol. The first-order chi connectivity index (χ1) is 9.38. The van der Waals surface area contributed by atoms with E-state index in [2.05, 4.69) is 0 Å². The Kier molecular flexibility index (Phi) is 4.01. The lowest BCUT2D eigenvalue weighted by molar-refractivity contribution is -0.173. The molecule has 1 aliphatic carbocycles. The van der Waals surface area contributed by atoms with Crippen molar-refractivity contribution in [2.75, 3.05) is 6.54 Å². The van der Waals surface area contributed by atoms with Crippen LogP contribution in [0.1, 0.15) is 26.2 Å². The lowest BCUT2D eigenvalue weighted by Crippen LogP contribution is -2.45. The number of likely N-dealkylation sites (tertiary alicyclic amines) is 1. The van der Waals surface area contributed by atoms with Crippen molar-refractivity contribution in [2.24, 2.45) is 5.92 Å². The van der Waals surface area contributed by atoms with Gasteiger partial charge in [0, 0.05) is 12.1 Å². The maximum atomic E-state index is 13.1. The summed E-state index contributed by atoms with van der Waals surface area (Å²) < 4.78 is 39.2. The van der Waals surface area contributed by atoms with Crippen molar-refractivity contribution in [2.45, 2.75) is 38.4 Å². The molecule has 1 amide bonds. The van der Waals surface area contributed by atoms with E-state index >= 15 is 0 Å². The Morgan fingerprint density at radius 1 is 1.25 bits per heavy atom. The highest BCUT2D eigenvalue weighted by Gasteiger charge is 2.54. The third-order valence-corrected chi connectivity index (χ3v) is 3.69. The molecule has 110 valence electrons. The lowest BCUT2D eigenvalue weighted by atomic mass is 9.88. The molecule has 0 N–H and O–H groups in total. The topological polar surface area (TPSA) is 37.4 Å². The monoisotopic (exact) mass is 287 g/mol. The van der Waals surface area contributed by atoms with E-state index in [1.165, 1.54) is 12.2 Å². The van der Waals surface area contributed by atoms with Crippen LogP contribution in [0.15, 0.2) is 23.8 Å². The summed E-state index contributed by atoms with van der Waals surface area (Å²) in [4.78, 5) is 24.8. The summed E-state index contributed by atoms with van der Waals surface area (Å²) >= 11 is 0. The molecule has 2 unspecified atom stereocenters. The second-order valence-corrected chi connectivity index (χ2v) is 5.05. The summed E-state index contributed by atoms with van der Waals surface area (Å²) in [6, 6.07) is -1.18. The minimum atomic E-state index is -4.46. The first-order valence-electron chi connectivity index (χ1n) is 6.68. The van der Waals surface area contributed by atoms with E-state index in [0.29, 0.717) is 6.42 Å². The van der Waals surface area contributed by atoms with Gasteiger partial charge in [-0.15, -0.1) is 0 Å². The number of carbonyl (C=O) groups is 2. The molecule has 1 fully saturated rings. The molecule has 2 aliphatic rings. The Hall–Kier alpha value is -1.59. The SMILES string of the molecule is CCCCCN1C(=O)C(=O)C2=CC=CC(C(F)(F)F)C21. The molecule has 20 heavy (non-hydrogen) atoms. The summed E-state index contributed by atoms with van der Waals surface area (Å²) in [5, 5.41) is 0. The zero-order valence-electron chi connectivity index (χ0n) is 11.1. The van der Waals surface area contributed by atoms with Gasteiger partial charge in [-0.2, -0.15) is 13.2 Å². The van der Waals surface area contributed by atoms with Gasteiger partial charge in [-0.3, -0.25) is 9.59 Å². The van der Waals surface area contributed by atoms with Gasteiger partial charge in [-0.25, -0.2) is 0 Å². The number of rotatable bonds is 4. The highest BCUT2D eigenvalue weighted by atomic mass is 19.4. The molecule has 1 aliphatic heterocycles. The number of alkyl halides is 3. The van der Waals surface area contributed by atoms with E-state index in [-0.39, 0.29) is 12.1 Å². The van der Waals surface area contributed by atoms with Gasteiger partial charge in [-0.05, 0) is 6.42 Å². The number of ketones is 1. The van der Waals surface area contributed by atoms with Crippen LogP contribution in [0.4, 0.5) is 13.2 Å². The zero-order chi connectivity index (χ0) is 14.9. The summed E-state index contributed by atoms with van der Waals surface area (Å²) in [7, 11) is 0. The number of Topliss-reactive ketones (excluding diaryl/α,β-unsaturated/α-hetero) is 1. The van der Waals surface area contributed by atoms with Crippen molar-refractivity contribution < 1.29 is 22.8 Å². The predicted octanol–water partition coefficient (Wildman–Crippen LogP) is 2.63. The highest BCUT2D eigenvalue weighted by Crippen LogP contribution is 2.40. The fourth-order valence-corrected chi connectivity index (χ4v) is 2.69. The van der Waals surface area contributed by atoms with Gasteiger partial charge in [0.1, 0.15) is 0 Å². The summed E-state index contributed by atoms with van der Waals surface area (Å²) in [6.07, 6.45) is 1.41. The van der Waals surface area contributed by atoms with Gasteiger partial charge in [0.15, 0.2) is 0 Å². The number of carbonyl (C=O) groups excluding carboxylic acids is 2. The quantitative estimate of drug-likeness (QED) is 0.589. The number of halogens is 3. The molecular weight excluding hydrogens is 271 g/mol. The minimum absolute atomic E-state index is 0.0312. The van der Waals surface area contributed by atoms with E-state index in [4.69, 9.17) is 0 Å². The molecule has 0 aromatic rings. The van der Waals surface area contributed by atoms with Gasteiger partial charge >= 0.3 is 6.18 Å². The third-order valence-electron chi connectivity index (χ3n) is 3.69. The fourth-order valence-electron chi connectivity index (χ4n) is 2.69. The van der Waals surface area contributed by atoms with E-state index in [1.807, 2.05) is 6.92 Å². The fraction of sp³-hybridized carbons (Fsp3) is 0.571. The van der Waals surface area contributed by atoms with E-state index in [0.717, 1.165) is 23.8 Å². The second kappa shape index (κ2) is 5.42. The Bertz CT molecular complexity index is 479. The average Bonchev–Trinajstić information content (AvgIpc) is 2.63. The van der Waals surface area contributed by atoms with Crippen LogP contribution >= 0.6 is 0 Å². The van der Waals surface area contributed by atoms with Crippen molar-refractivity contribution in [3.8, 4) is 0 Å². The number of fused-ring (bicyclic) bond motifs is 1. The Labute approximate surface area is 115 Å². The van der Waals surface area contributed by atoms with E-state index in [1.54, 1.807) is 0 Å². The van der Waals surface area contributed by atoms with Crippen molar-refractivity contribution >= 4 is 11.7 Å². The smallest absolute Gasteiger partial charge is 0.328 e. The molecule has 0 bridgehead atoms. The first-order valence-corrected chi connectivity index (χ1v) is 6.68. The van der Waals surface area contributed by atoms with Gasteiger partial charge in [-0.1, -0.05) is 38.0 Å². The Balaban J connectivity index is 2.28. The lowest BCUT2D eigenvalue weighted by Gasteiger charge is -2.32. The molecule has 1 heterocycles. The average molecular weight is 287 g/mol. The second-order valence-electron chi connectivity index (χ2n) is 5.05. The minimum Gasteiger partial charge on any atom is -0.328 e. The van der Waals surface area contributed by atoms with Crippen LogP contribution in [-0.2, 0) is 9.59 Å². The van der Waals surface area contributed by atoms with E-state index in [9.17, 15) is 22.8 Å². The number of allylic oxidation sites excluding steroid dienone is 2. The first kappa shape index (κ1) is 14.8. The maximum Gasteiger partial charge on any atom is 0.397 e. The van der Waals surface area contributed by atoms with Gasteiger partial charge in [0.25, 0.3) is 5.91 Å². The molecule has 3 nitrogen and oxygen atoms in total. The number of hydrogen-bond acceptors (Lipinski definition) is 2. The largest absolute Gasteiger partial charge is 0.397 e. The summed E-state index contributed by atoms with van der Waals surface area (Å²) in [5.41, 5.74) is -0.0312. The van der Waals surface area contributed by atoms with Crippen LogP contribution in [0.25, 0.3) is 0 Å². The molecule has 6 heteroatoms. The molecule has 2 atom stereocenters. The number of nitrogens with zero attached hydrogens (tertiary/aromatic N) is 1. The van der Waals surface area contributed by atoms with Crippen LogP contribution in [0.3, 0.4) is 0 Å². The van der Waals surface area contributed by atoms with Crippen molar-refractivity contribution in [1.82, 2.24) is 4.90 Å².